The number of carbonyl (C=O) groups is 1. The molecule has 106 valence electrons. The molecule has 0 radical (unpaired) electrons. The van der Waals surface area contributed by atoms with Crippen molar-refractivity contribution in [1.29, 1.82) is 0 Å². The van der Waals surface area contributed by atoms with Crippen molar-refractivity contribution in [3.05, 3.63) is 24.3 Å². The van der Waals surface area contributed by atoms with Crippen LogP contribution < -0.4 is 4.90 Å². The minimum absolute atomic E-state index is 0.0241. The summed E-state index contributed by atoms with van der Waals surface area (Å²) in [4.78, 5) is 30.6. The highest BCUT2D eigenvalue weighted by molar-refractivity contribution is 7.51. The fourth-order valence-electron chi connectivity index (χ4n) is 1.47. The number of hydrogen-bond donors (Lipinski definition) is 3. The molecule has 1 aromatic carbocycles. The molecule has 0 aliphatic heterocycles. The van der Waals surface area contributed by atoms with E-state index in [0.717, 1.165) is 0 Å². The maximum absolute atomic E-state index is 11.4. The van der Waals surface area contributed by atoms with E-state index in [1.165, 1.54) is 29.2 Å². The van der Waals surface area contributed by atoms with Gasteiger partial charge in [0.1, 0.15) is 18.6 Å². The van der Waals surface area contributed by atoms with Crippen LogP contribution in [-0.4, -0.2) is 40.3 Å². The first-order chi connectivity index (χ1) is 8.81. The molecule has 7 nitrogen and oxygen atoms in total. The maximum atomic E-state index is 11.4. The number of rotatable bonds is 6. The topological polar surface area (TPSA) is 107 Å². The van der Waals surface area contributed by atoms with E-state index in [9.17, 15) is 14.5 Å². The molecule has 0 atom stereocenters. The van der Waals surface area contributed by atoms with E-state index in [4.69, 9.17) is 14.5 Å². The minimum Gasteiger partial charge on any atom is -0.508 e. The maximum Gasteiger partial charge on any atom is 0.344 e. The number of phenolic OH excluding ortho intramolecular Hbond substituents is 1. The predicted molar refractivity (Wildman–Crippen MR) is 69.0 cm³/mol. The van der Waals surface area contributed by atoms with Gasteiger partial charge in [-0.25, -0.2) is 0 Å². The molecule has 0 amide bonds. The van der Waals surface area contributed by atoms with E-state index < -0.39 is 19.9 Å². The zero-order valence-electron chi connectivity index (χ0n) is 10.4. The molecule has 0 unspecified atom stereocenters. The molecule has 0 aliphatic carbocycles. The second-order valence-corrected chi connectivity index (χ2v) is 5.44. The van der Waals surface area contributed by atoms with Gasteiger partial charge in [-0.05, 0) is 31.2 Å². The summed E-state index contributed by atoms with van der Waals surface area (Å²) in [6, 6.07) is 5.66. The highest BCUT2D eigenvalue weighted by atomic mass is 31.2. The lowest BCUT2D eigenvalue weighted by Gasteiger charge is -2.24. The highest BCUT2D eigenvalue weighted by Gasteiger charge is 2.22. The second-order valence-electron chi connectivity index (χ2n) is 3.83. The fraction of sp³-hybridized carbons (Fsp3) is 0.364. The zero-order chi connectivity index (χ0) is 14.5. The molecule has 1 aromatic rings. The molecule has 3 N–H and O–H groups in total. The fourth-order valence-corrected chi connectivity index (χ4v) is 2.18. The van der Waals surface area contributed by atoms with Crippen molar-refractivity contribution in [2.24, 2.45) is 0 Å². The Kier molecular flexibility index (Phi) is 5.35. The number of anilines is 1. The van der Waals surface area contributed by atoms with Gasteiger partial charge in [-0.15, -0.1) is 0 Å². The Morgan fingerprint density at radius 3 is 2.37 bits per heavy atom. The molecule has 0 fully saturated rings. The number of carbonyl (C=O) groups excluding carboxylic acids is 1. The van der Waals surface area contributed by atoms with Gasteiger partial charge in [0.25, 0.3) is 0 Å². The van der Waals surface area contributed by atoms with Crippen molar-refractivity contribution >= 4 is 19.3 Å². The summed E-state index contributed by atoms with van der Waals surface area (Å²) in [5.74, 6) is -0.556. The lowest BCUT2D eigenvalue weighted by Crippen LogP contribution is -2.31. The Morgan fingerprint density at radius 1 is 1.32 bits per heavy atom. The van der Waals surface area contributed by atoms with Crippen molar-refractivity contribution in [2.45, 2.75) is 6.92 Å². The monoisotopic (exact) mass is 289 g/mol. The standard InChI is InChI=1S/C11H16NO6P/c1-2-18-11(14)7-12(8-19(15,16)17)9-3-5-10(13)6-4-9/h3-6,13H,2,7-8H2,1H3,(H2,15,16,17). The van der Waals surface area contributed by atoms with Crippen LogP contribution in [0.2, 0.25) is 0 Å². The van der Waals surface area contributed by atoms with Crippen LogP contribution >= 0.6 is 7.60 Å². The van der Waals surface area contributed by atoms with Gasteiger partial charge < -0.3 is 24.5 Å². The number of esters is 1. The van der Waals surface area contributed by atoms with Gasteiger partial charge in [0.05, 0.1) is 6.61 Å². The summed E-state index contributed by atoms with van der Waals surface area (Å²) in [6.07, 6.45) is -0.601. The van der Waals surface area contributed by atoms with Crippen LogP contribution in [0, 0.1) is 0 Å². The van der Waals surface area contributed by atoms with Crippen LogP contribution in [0.3, 0.4) is 0 Å². The van der Waals surface area contributed by atoms with E-state index in [-0.39, 0.29) is 18.9 Å². The molecule has 1 rings (SSSR count). The summed E-state index contributed by atoms with van der Waals surface area (Å²) in [6.45, 7) is 1.56. The van der Waals surface area contributed by atoms with Gasteiger partial charge >= 0.3 is 13.6 Å². The van der Waals surface area contributed by atoms with Crippen LogP contribution in [0.15, 0.2) is 24.3 Å². The third-order valence-corrected chi connectivity index (χ3v) is 2.90. The molecule has 0 saturated heterocycles. The van der Waals surface area contributed by atoms with Crippen molar-refractivity contribution in [1.82, 2.24) is 0 Å². The number of phenols is 1. The Labute approximate surface area is 110 Å². The van der Waals surface area contributed by atoms with E-state index in [2.05, 4.69) is 0 Å². The third kappa shape index (κ3) is 5.74. The number of ether oxygens (including phenoxy) is 1. The van der Waals surface area contributed by atoms with Crippen LogP contribution in [0.5, 0.6) is 5.75 Å². The second kappa shape index (κ2) is 6.56. The average molecular weight is 289 g/mol. The Morgan fingerprint density at radius 2 is 1.89 bits per heavy atom. The molecule has 8 heteroatoms. The summed E-state index contributed by atoms with van der Waals surface area (Å²) >= 11 is 0. The lowest BCUT2D eigenvalue weighted by molar-refractivity contribution is -0.141. The zero-order valence-corrected chi connectivity index (χ0v) is 11.3. The summed E-state index contributed by atoms with van der Waals surface area (Å²) < 4.78 is 15.8. The van der Waals surface area contributed by atoms with E-state index in [1.54, 1.807) is 6.92 Å². The van der Waals surface area contributed by atoms with Gasteiger partial charge in [0.2, 0.25) is 0 Å². The van der Waals surface area contributed by atoms with Crippen molar-refractivity contribution in [3.63, 3.8) is 0 Å². The first-order valence-electron chi connectivity index (χ1n) is 5.56. The molecule has 0 spiro atoms. The largest absolute Gasteiger partial charge is 0.508 e. The van der Waals surface area contributed by atoms with Gasteiger partial charge in [-0.3, -0.25) is 9.36 Å². The number of aromatic hydroxyl groups is 1. The lowest BCUT2D eigenvalue weighted by atomic mass is 10.3. The Bertz CT molecular complexity index is 469. The predicted octanol–water partition coefficient (Wildman–Crippen LogP) is 0.897. The van der Waals surface area contributed by atoms with Crippen molar-refractivity contribution < 1.29 is 29.0 Å². The Hall–Kier alpha value is -1.56. The van der Waals surface area contributed by atoms with Crippen LogP contribution in [0.25, 0.3) is 0 Å². The van der Waals surface area contributed by atoms with Crippen LogP contribution in [0.1, 0.15) is 6.92 Å². The van der Waals surface area contributed by atoms with E-state index >= 15 is 0 Å². The van der Waals surface area contributed by atoms with Crippen LogP contribution in [-0.2, 0) is 14.1 Å². The highest BCUT2D eigenvalue weighted by Crippen LogP contribution is 2.37. The molecule has 0 aliphatic rings. The third-order valence-electron chi connectivity index (χ3n) is 2.20. The van der Waals surface area contributed by atoms with E-state index in [1.807, 2.05) is 0 Å². The summed E-state index contributed by atoms with van der Waals surface area (Å²) in [5, 5.41) is 9.17. The van der Waals surface area contributed by atoms with E-state index in [0.29, 0.717) is 5.69 Å². The number of hydrogen-bond acceptors (Lipinski definition) is 5. The van der Waals surface area contributed by atoms with Gasteiger partial charge in [0, 0.05) is 5.69 Å². The smallest absolute Gasteiger partial charge is 0.344 e. The first kappa shape index (κ1) is 15.5. The number of nitrogens with zero attached hydrogens (tertiary/aromatic N) is 1. The number of benzene rings is 1. The molecular weight excluding hydrogens is 273 g/mol. The van der Waals surface area contributed by atoms with Crippen LogP contribution in [0.4, 0.5) is 5.69 Å². The molecule has 0 heterocycles. The quantitative estimate of drug-likeness (QED) is 0.527. The van der Waals surface area contributed by atoms with Crippen molar-refractivity contribution in [2.75, 3.05) is 24.3 Å². The minimum atomic E-state index is -4.32. The van der Waals surface area contributed by atoms with Crippen molar-refractivity contribution in [3.8, 4) is 5.75 Å². The summed E-state index contributed by atoms with van der Waals surface area (Å²) in [5.41, 5.74) is 0.411. The molecule has 0 bridgehead atoms. The Balaban J connectivity index is 2.88. The molecule has 0 saturated carbocycles. The normalized spacial score (nSPS) is 11.1. The van der Waals surface area contributed by atoms with Gasteiger partial charge in [-0.1, -0.05) is 0 Å². The summed E-state index contributed by atoms with van der Waals surface area (Å²) in [7, 11) is -4.32. The first-order valence-corrected chi connectivity index (χ1v) is 7.36. The van der Waals surface area contributed by atoms with Gasteiger partial charge in [0.15, 0.2) is 0 Å². The molecular formula is C11H16NO6P. The van der Waals surface area contributed by atoms with Gasteiger partial charge in [-0.2, -0.15) is 0 Å². The average Bonchev–Trinajstić information content (AvgIpc) is 2.27. The SMILES string of the molecule is CCOC(=O)CN(CP(=O)(O)O)c1ccc(O)cc1. The molecule has 19 heavy (non-hydrogen) atoms. The molecule has 0 aromatic heterocycles.